The normalized spacial score (nSPS) is 19.7. The molecule has 0 bridgehead atoms. The van der Waals surface area contributed by atoms with Gasteiger partial charge in [-0.3, -0.25) is 4.79 Å². The SMILES string of the molecule is CN1CCC(Nc2sc(C(N)=O)c(N)c2C#N)C1. The fourth-order valence-corrected chi connectivity index (χ4v) is 3.08. The summed E-state index contributed by atoms with van der Waals surface area (Å²) in [7, 11) is 2.05. The molecule has 0 aromatic carbocycles. The molecule has 1 atom stereocenters. The van der Waals surface area contributed by atoms with Gasteiger partial charge in [0, 0.05) is 12.6 Å². The van der Waals surface area contributed by atoms with Crippen molar-refractivity contribution in [2.45, 2.75) is 12.5 Å². The second-order valence-corrected chi connectivity index (χ2v) is 5.44. The van der Waals surface area contributed by atoms with E-state index in [1.54, 1.807) is 0 Å². The van der Waals surface area contributed by atoms with Gasteiger partial charge in [-0.25, -0.2) is 0 Å². The highest BCUT2D eigenvalue weighted by Gasteiger charge is 2.24. The zero-order valence-electron chi connectivity index (χ0n) is 10.1. The Balaban J connectivity index is 2.25. The van der Waals surface area contributed by atoms with Crippen LogP contribution in [-0.2, 0) is 0 Å². The van der Waals surface area contributed by atoms with Crippen molar-refractivity contribution < 1.29 is 4.79 Å². The summed E-state index contributed by atoms with van der Waals surface area (Å²) in [6, 6.07) is 2.30. The predicted molar refractivity (Wildman–Crippen MR) is 71.5 cm³/mol. The predicted octanol–water partition coefficient (Wildman–Crippen LogP) is 0.417. The lowest BCUT2D eigenvalue weighted by atomic mass is 10.2. The van der Waals surface area contributed by atoms with E-state index in [-0.39, 0.29) is 16.6 Å². The Kier molecular flexibility index (Phi) is 3.41. The van der Waals surface area contributed by atoms with E-state index in [1.807, 2.05) is 13.1 Å². The molecular weight excluding hydrogens is 250 g/mol. The molecule has 6 nitrogen and oxygen atoms in total. The Morgan fingerprint density at radius 2 is 2.39 bits per heavy atom. The molecule has 1 aliphatic heterocycles. The smallest absolute Gasteiger partial charge is 0.261 e. The molecule has 7 heteroatoms. The number of carbonyl (C=O) groups excluding carboxylic acids is 1. The average molecular weight is 265 g/mol. The van der Waals surface area contributed by atoms with Crippen molar-refractivity contribution in [1.29, 1.82) is 5.26 Å². The van der Waals surface area contributed by atoms with Crippen LogP contribution in [0.1, 0.15) is 21.7 Å². The second kappa shape index (κ2) is 4.84. The lowest BCUT2D eigenvalue weighted by Gasteiger charge is -2.12. The number of nitrogen functional groups attached to an aromatic ring is 1. The van der Waals surface area contributed by atoms with Gasteiger partial charge in [0.25, 0.3) is 5.91 Å². The number of anilines is 2. The summed E-state index contributed by atoms with van der Waals surface area (Å²) < 4.78 is 0. The van der Waals surface area contributed by atoms with Crippen molar-refractivity contribution in [2.75, 3.05) is 31.2 Å². The lowest BCUT2D eigenvalue weighted by Crippen LogP contribution is -2.23. The van der Waals surface area contributed by atoms with E-state index in [0.29, 0.717) is 10.6 Å². The van der Waals surface area contributed by atoms with Gasteiger partial charge in [-0.05, 0) is 20.0 Å². The maximum Gasteiger partial charge on any atom is 0.261 e. The minimum atomic E-state index is -0.592. The third-order valence-corrected chi connectivity index (χ3v) is 4.16. The fourth-order valence-electron chi connectivity index (χ4n) is 2.08. The number of hydrogen-bond acceptors (Lipinski definition) is 6. The van der Waals surface area contributed by atoms with Crippen molar-refractivity contribution in [1.82, 2.24) is 4.90 Å². The molecule has 0 aliphatic carbocycles. The monoisotopic (exact) mass is 265 g/mol. The van der Waals surface area contributed by atoms with Crippen LogP contribution in [0.4, 0.5) is 10.7 Å². The molecule has 0 spiro atoms. The Bertz CT molecular complexity index is 518. The zero-order chi connectivity index (χ0) is 13.3. The number of nitrogens with two attached hydrogens (primary N) is 2. The van der Waals surface area contributed by atoms with Crippen LogP contribution in [0, 0.1) is 11.3 Å². The molecular formula is C11H15N5OS. The third kappa shape index (κ3) is 2.25. The number of thiophene rings is 1. The highest BCUT2D eigenvalue weighted by atomic mass is 32.1. The summed E-state index contributed by atoms with van der Waals surface area (Å²) in [5.41, 5.74) is 11.5. The Hall–Kier alpha value is -1.78. The number of nitrogens with one attached hydrogen (secondary N) is 1. The minimum absolute atomic E-state index is 0.184. The van der Waals surface area contributed by atoms with Gasteiger partial charge < -0.3 is 21.7 Å². The first-order valence-corrected chi connectivity index (χ1v) is 6.41. The van der Waals surface area contributed by atoms with Gasteiger partial charge in [0.05, 0.1) is 5.69 Å². The lowest BCUT2D eigenvalue weighted by molar-refractivity contribution is 0.100. The average Bonchev–Trinajstić information content (AvgIpc) is 2.84. The van der Waals surface area contributed by atoms with Gasteiger partial charge in [0.2, 0.25) is 0 Å². The summed E-state index contributed by atoms with van der Waals surface area (Å²) in [6.45, 7) is 1.93. The first kappa shape index (κ1) is 12.7. The van der Waals surface area contributed by atoms with Crippen LogP contribution >= 0.6 is 11.3 Å². The molecule has 18 heavy (non-hydrogen) atoms. The van der Waals surface area contributed by atoms with Gasteiger partial charge in [0.1, 0.15) is 21.5 Å². The molecule has 1 unspecified atom stereocenters. The quantitative estimate of drug-likeness (QED) is 0.734. The number of carbonyl (C=O) groups is 1. The number of primary amides is 1. The maximum absolute atomic E-state index is 11.2. The van der Waals surface area contributed by atoms with Gasteiger partial charge in [-0.2, -0.15) is 5.26 Å². The largest absolute Gasteiger partial charge is 0.396 e. The second-order valence-electron chi connectivity index (χ2n) is 4.42. The topological polar surface area (TPSA) is 108 Å². The summed E-state index contributed by atoms with van der Waals surface area (Å²) >= 11 is 1.16. The maximum atomic E-state index is 11.2. The van der Waals surface area contributed by atoms with Crippen molar-refractivity contribution in [3.63, 3.8) is 0 Å². The van der Waals surface area contributed by atoms with E-state index in [4.69, 9.17) is 16.7 Å². The molecule has 1 saturated heterocycles. The van der Waals surface area contributed by atoms with Crippen molar-refractivity contribution in [2.24, 2.45) is 5.73 Å². The molecule has 1 aliphatic rings. The fraction of sp³-hybridized carbons (Fsp3) is 0.455. The summed E-state index contributed by atoms with van der Waals surface area (Å²) in [5.74, 6) is -0.592. The van der Waals surface area contributed by atoms with Crippen LogP contribution in [-0.4, -0.2) is 37.0 Å². The van der Waals surface area contributed by atoms with Crippen LogP contribution in [0.3, 0.4) is 0 Å². The van der Waals surface area contributed by atoms with E-state index in [0.717, 1.165) is 30.8 Å². The number of likely N-dealkylation sites (tertiary alicyclic amines) is 1. The van der Waals surface area contributed by atoms with E-state index < -0.39 is 5.91 Å². The molecule has 96 valence electrons. The number of amides is 1. The van der Waals surface area contributed by atoms with Crippen LogP contribution in [0.25, 0.3) is 0 Å². The number of likely N-dealkylation sites (N-methyl/N-ethyl adjacent to an activating group) is 1. The van der Waals surface area contributed by atoms with E-state index in [9.17, 15) is 4.79 Å². The van der Waals surface area contributed by atoms with Crippen LogP contribution in [0.2, 0.25) is 0 Å². The van der Waals surface area contributed by atoms with Crippen LogP contribution < -0.4 is 16.8 Å². The molecule has 2 heterocycles. The van der Waals surface area contributed by atoms with Gasteiger partial charge in [-0.15, -0.1) is 11.3 Å². The zero-order valence-corrected chi connectivity index (χ0v) is 10.9. The first-order valence-electron chi connectivity index (χ1n) is 5.60. The highest BCUT2D eigenvalue weighted by Crippen LogP contribution is 2.35. The number of nitrogens with zero attached hydrogens (tertiary/aromatic N) is 2. The Labute approximate surface area is 109 Å². The number of hydrogen-bond donors (Lipinski definition) is 3. The number of nitriles is 1. The molecule has 1 amide bonds. The number of rotatable bonds is 3. The van der Waals surface area contributed by atoms with Gasteiger partial charge >= 0.3 is 0 Å². The van der Waals surface area contributed by atoms with Gasteiger partial charge in [-0.1, -0.05) is 0 Å². The Morgan fingerprint density at radius 1 is 1.67 bits per heavy atom. The van der Waals surface area contributed by atoms with E-state index >= 15 is 0 Å². The first-order chi connectivity index (χ1) is 8.52. The van der Waals surface area contributed by atoms with Gasteiger partial charge in [0.15, 0.2) is 0 Å². The minimum Gasteiger partial charge on any atom is -0.396 e. The Morgan fingerprint density at radius 3 is 2.89 bits per heavy atom. The summed E-state index contributed by atoms with van der Waals surface area (Å²) in [5, 5.41) is 13.0. The summed E-state index contributed by atoms with van der Waals surface area (Å²) in [6.07, 6.45) is 1.01. The molecule has 5 N–H and O–H groups in total. The molecule has 0 radical (unpaired) electrons. The van der Waals surface area contributed by atoms with Crippen LogP contribution in [0.15, 0.2) is 0 Å². The molecule has 1 aromatic rings. The molecule has 1 aromatic heterocycles. The van der Waals surface area contributed by atoms with Crippen molar-refractivity contribution in [3.8, 4) is 6.07 Å². The van der Waals surface area contributed by atoms with Crippen LogP contribution in [0.5, 0.6) is 0 Å². The third-order valence-electron chi connectivity index (χ3n) is 3.01. The molecule has 0 saturated carbocycles. The highest BCUT2D eigenvalue weighted by molar-refractivity contribution is 7.18. The van der Waals surface area contributed by atoms with Crippen molar-refractivity contribution in [3.05, 3.63) is 10.4 Å². The van der Waals surface area contributed by atoms with E-state index in [1.165, 1.54) is 0 Å². The summed E-state index contributed by atoms with van der Waals surface area (Å²) in [4.78, 5) is 13.7. The van der Waals surface area contributed by atoms with Crippen molar-refractivity contribution >= 4 is 27.9 Å². The standard InChI is InChI=1S/C11H15N5OS/c1-16-3-2-6(5-16)15-11-7(4-12)8(13)9(18-11)10(14)17/h6,15H,2-3,5,13H2,1H3,(H2,14,17). The molecule has 1 fully saturated rings. The van der Waals surface area contributed by atoms with E-state index in [2.05, 4.69) is 10.2 Å². The molecule has 2 rings (SSSR count).